The average molecular weight is 328 g/mol. The smallest absolute Gasteiger partial charge is 0.297 e. The van der Waals surface area contributed by atoms with Crippen molar-refractivity contribution >= 4 is 11.4 Å². The van der Waals surface area contributed by atoms with Gasteiger partial charge in [0.25, 0.3) is 11.2 Å². The molecule has 0 saturated carbocycles. The Morgan fingerprint density at radius 2 is 2.04 bits per heavy atom. The molecular formula is C17H16N2O5. The number of aromatic nitrogens is 1. The second kappa shape index (κ2) is 5.52. The molecule has 1 aliphatic rings. The molecule has 1 aromatic heterocycles. The van der Waals surface area contributed by atoms with Gasteiger partial charge in [0.05, 0.1) is 17.7 Å². The van der Waals surface area contributed by atoms with Crippen LogP contribution < -0.4 is 15.0 Å². The van der Waals surface area contributed by atoms with Gasteiger partial charge < -0.3 is 9.47 Å². The number of non-ortho nitro benzene ring substituents is 1. The highest BCUT2D eigenvalue weighted by Crippen LogP contribution is 2.38. The number of methoxy groups -OCH3 is 1. The minimum atomic E-state index is -0.666. The zero-order valence-corrected chi connectivity index (χ0v) is 13.5. The van der Waals surface area contributed by atoms with Gasteiger partial charge in [-0.15, -0.1) is 0 Å². The number of rotatable bonds is 3. The van der Waals surface area contributed by atoms with Gasteiger partial charge in [0.1, 0.15) is 11.4 Å². The molecule has 0 radical (unpaired) electrons. The van der Waals surface area contributed by atoms with Gasteiger partial charge >= 0.3 is 0 Å². The Labute approximate surface area is 137 Å². The van der Waals surface area contributed by atoms with Gasteiger partial charge in [-0.1, -0.05) is 0 Å². The number of hydrogen-bond acceptors (Lipinski definition) is 5. The first-order valence-corrected chi connectivity index (χ1v) is 7.29. The highest BCUT2D eigenvalue weighted by Gasteiger charge is 2.29. The first-order chi connectivity index (χ1) is 11.3. The lowest BCUT2D eigenvalue weighted by Crippen LogP contribution is -2.32. The van der Waals surface area contributed by atoms with Crippen LogP contribution >= 0.6 is 0 Å². The van der Waals surface area contributed by atoms with E-state index in [9.17, 15) is 14.9 Å². The van der Waals surface area contributed by atoms with Gasteiger partial charge in [-0.2, -0.15) is 0 Å². The normalized spacial score (nSPS) is 15.0. The van der Waals surface area contributed by atoms with Crippen LogP contribution in [0.1, 0.15) is 19.4 Å². The molecule has 0 spiro atoms. The maximum Gasteiger partial charge on any atom is 0.297 e. The van der Waals surface area contributed by atoms with Gasteiger partial charge in [0.2, 0.25) is 0 Å². The molecule has 0 aliphatic carbocycles. The fourth-order valence-electron chi connectivity index (χ4n) is 2.66. The molecule has 3 rings (SSSR count). The molecule has 7 heteroatoms. The lowest BCUT2D eigenvalue weighted by molar-refractivity contribution is -0.384. The first kappa shape index (κ1) is 15.8. The van der Waals surface area contributed by atoms with E-state index >= 15 is 0 Å². The van der Waals surface area contributed by atoms with Gasteiger partial charge in [-0.05, 0) is 38.1 Å². The van der Waals surface area contributed by atoms with Crippen molar-refractivity contribution in [3.8, 4) is 11.5 Å². The lowest BCUT2D eigenvalue weighted by atomic mass is 9.98. The summed E-state index contributed by atoms with van der Waals surface area (Å²) in [6, 6.07) is 7.58. The van der Waals surface area contributed by atoms with Gasteiger partial charge in [-0.3, -0.25) is 19.5 Å². The number of nitro groups is 1. The summed E-state index contributed by atoms with van der Waals surface area (Å²) >= 11 is 0. The van der Waals surface area contributed by atoms with Crippen LogP contribution in [0.2, 0.25) is 0 Å². The topological polar surface area (TPSA) is 83.6 Å². The predicted octanol–water partition coefficient (Wildman–Crippen LogP) is 2.83. The van der Waals surface area contributed by atoms with E-state index in [1.54, 1.807) is 30.5 Å². The zero-order chi connectivity index (χ0) is 17.5. The highest BCUT2D eigenvalue weighted by atomic mass is 16.6. The van der Waals surface area contributed by atoms with E-state index in [1.807, 2.05) is 13.8 Å². The summed E-state index contributed by atoms with van der Waals surface area (Å²) < 4.78 is 12.3. The molecule has 2 aromatic rings. The van der Waals surface area contributed by atoms with Gasteiger partial charge in [0, 0.05) is 23.9 Å². The van der Waals surface area contributed by atoms with Crippen molar-refractivity contribution in [2.24, 2.45) is 0 Å². The summed E-state index contributed by atoms with van der Waals surface area (Å²) in [5, 5.41) is 11.1. The van der Waals surface area contributed by atoms with Crippen LogP contribution in [0.3, 0.4) is 0 Å². The van der Waals surface area contributed by atoms with Crippen molar-refractivity contribution in [1.82, 2.24) is 4.57 Å². The van der Waals surface area contributed by atoms with Crippen LogP contribution in [0, 0.1) is 10.1 Å². The van der Waals surface area contributed by atoms with Crippen molar-refractivity contribution in [3.05, 3.63) is 68.6 Å². The van der Waals surface area contributed by atoms with Crippen LogP contribution in [0.15, 0.2) is 47.4 Å². The van der Waals surface area contributed by atoms with Gasteiger partial charge in [0.15, 0.2) is 5.75 Å². The molecule has 2 heterocycles. The number of benzene rings is 1. The summed E-state index contributed by atoms with van der Waals surface area (Å²) in [6.45, 7) is 3.70. The molecule has 24 heavy (non-hydrogen) atoms. The van der Waals surface area contributed by atoms with E-state index in [1.165, 1.54) is 23.8 Å². The second-order valence-electron chi connectivity index (χ2n) is 5.92. The van der Waals surface area contributed by atoms with Crippen LogP contribution in [0.5, 0.6) is 11.5 Å². The van der Waals surface area contributed by atoms with E-state index in [0.29, 0.717) is 17.0 Å². The lowest BCUT2D eigenvalue weighted by Gasteiger charge is -2.31. The first-order valence-electron chi connectivity index (χ1n) is 7.29. The Morgan fingerprint density at radius 3 is 2.71 bits per heavy atom. The number of nitro benzene ring substituents is 1. The molecule has 0 bridgehead atoms. The summed E-state index contributed by atoms with van der Waals surface area (Å²) in [5.74, 6) is 0.674. The molecule has 0 unspecified atom stereocenters. The largest absolute Gasteiger partial charge is 0.491 e. The Morgan fingerprint density at radius 1 is 1.29 bits per heavy atom. The van der Waals surface area contributed by atoms with Crippen molar-refractivity contribution in [1.29, 1.82) is 0 Å². The maximum atomic E-state index is 12.6. The minimum Gasteiger partial charge on any atom is -0.491 e. The predicted molar refractivity (Wildman–Crippen MR) is 88.4 cm³/mol. The molecule has 124 valence electrons. The maximum absolute atomic E-state index is 12.6. The summed E-state index contributed by atoms with van der Waals surface area (Å²) in [4.78, 5) is 23.2. The third kappa shape index (κ3) is 2.64. The fourth-order valence-corrected chi connectivity index (χ4v) is 2.66. The van der Waals surface area contributed by atoms with Crippen molar-refractivity contribution < 1.29 is 14.4 Å². The van der Waals surface area contributed by atoms with Crippen LogP contribution in [-0.2, 0) is 0 Å². The Kier molecular flexibility index (Phi) is 3.63. The van der Waals surface area contributed by atoms with Crippen molar-refractivity contribution in [2.75, 3.05) is 7.11 Å². The number of fused-ring (bicyclic) bond motifs is 1. The number of nitrogens with zero attached hydrogens (tertiary/aromatic N) is 2. The Balaban J connectivity index is 2.27. The summed E-state index contributed by atoms with van der Waals surface area (Å²) in [5.41, 5.74) is -0.0749. The molecule has 1 aromatic carbocycles. The third-order valence-electron chi connectivity index (χ3n) is 3.70. The minimum absolute atomic E-state index is 0.0705. The fraction of sp³-hybridized carbons (Fsp3) is 0.235. The molecule has 0 N–H and O–H groups in total. The zero-order valence-electron chi connectivity index (χ0n) is 13.5. The van der Waals surface area contributed by atoms with E-state index in [-0.39, 0.29) is 17.0 Å². The molecule has 0 amide bonds. The van der Waals surface area contributed by atoms with Gasteiger partial charge in [-0.25, -0.2) is 0 Å². The number of hydrogen-bond donors (Lipinski definition) is 0. The molecule has 0 fully saturated rings. The Hall–Kier alpha value is -3.09. The van der Waals surface area contributed by atoms with E-state index < -0.39 is 10.5 Å². The SMILES string of the molecule is COc1cccn(C2=CC(C)(C)Oc3ccc([N+](=O)[O-])cc32)c1=O. The molecule has 0 atom stereocenters. The summed E-state index contributed by atoms with van der Waals surface area (Å²) in [6.07, 6.45) is 3.36. The third-order valence-corrected chi connectivity index (χ3v) is 3.70. The quantitative estimate of drug-likeness (QED) is 0.639. The number of ether oxygens (including phenoxy) is 2. The van der Waals surface area contributed by atoms with E-state index in [4.69, 9.17) is 9.47 Å². The van der Waals surface area contributed by atoms with Crippen molar-refractivity contribution in [2.45, 2.75) is 19.4 Å². The summed E-state index contributed by atoms with van der Waals surface area (Å²) in [7, 11) is 1.42. The van der Waals surface area contributed by atoms with Crippen LogP contribution in [0.4, 0.5) is 5.69 Å². The molecule has 7 nitrogen and oxygen atoms in total. The number of pyridine rings is 1. The second-order valence-corrected chi connectivity index (χ2v) is 5.92. The molecule has 1 aliphatic heterocycles. The standard InChI is InChI=1S/C17H16N2O5/c1-17(2)10-13(18-8-4-5-15(23-3)16(18)20)12-9-11(19(21)22)6-7-14(12)24-17/h4-10H,1-3H3. The highest BCUT2D eigenvalue weighted by molar-refractivity contribution is 5.75. The van der Waals surface area contributed by atoms with E-state index in [0.717, 1.165) is 0 Å². The Bertz CT molecular complexity index is 911. The van der Waals surface area contributed by atoms with Crippen LogP contribution in [0.25, 0.3) is 5.70 Å². The molecular weight excluding hydrogens is 312 g/mol. The van der Waals surface area contributed by atoms with E-state index in [2.05, 4.69) is 0 Å². The molecule has 0 saturated heterocycles. The average Bonchev–Trinajstić information content (AvgIpc) is 2.53. The van der Waals surface area contributed by atoms with Crippen LogP contribution in [-0.4, -0.2) is 22.2 Å². The monoisotopic (exact) mass is 328 g/mol. The van der Waals surface area contributed by atoms with Crippen molar-refractivity contribution in [3.63, 3.8) is 0 Å².